The zero-order valence-corrected chi connectivity index (χ0v) is 14.1. The summed E-state index contributed by atoms with van der Waals surface area (Å²) in [6.07, 6.45) is 6.78. The van der Waals surface area contributed by atoms with Crippen LogP contribution in [0.1, 0.15) is 11.1 Å². The molecule has 0 fully saturated rings. The van der Waals surface area contributed by atoms with Crippen LogP contribution in [0.25, 0.3) is 16.2 Å². The van der Waals surface area contributed by atoms with Gasteiger partial charge in [-0.2, -0.15) is 0 Å². The summed E-state index contributed by atoms with van der Waals surface area (Å²) < 4.78 is 1.78. The maximum Gasteiger partial charge on any atom is 0.214 e. The fourth-order valence-corrected chi connectivity index (χ4v) is 3.32. The second-order valence-corrected chi connectivity index (χ2v) is 6.50. The Morgan fingerprint density at radius 2 is 2.04 bits per heavy atom. The molecule has 124 valence electrons. The van der Waals surface area contributed by atoms with Gasteiger partial charge in [0.05, 0.1) is 11.9 Å². The number of aromatic nitrogens is 4. The number of nitrogens with one attached hydrogen (secondary N) is 1. The van der Waals surface area contributed by atoms with Crippen molar-refractivity contribution >= 4 is 27.7 Å². The van der Waals surface area contributed by atoms with Gasteiger partial charge in [0.15, 0.2) is 0 Å². The summed E-state index contributed by atoms with van der Waals surface area (Å²) in [6.45, 7) is 0.694. The number of pyridine rings is 1. The Balaban J connectivity index is 1.53. The fraction of sp³-hybridized carbons (Fsp3) is 0.111. The highest BCUT2D eigenvalue weighted by molar-refractivity contribution is 7.20. The molecule has 0 atom stereocenters. The first-order chi connectivity index (χ1) is 12.3. The Labute approximate surface area is 148 Å². The fourth-order valence-electron chi connectivity index (χ4n) is 2.54. The molecule has 0 aliphatic heterocycles. The molecule has 3 heterocycles. The number of hydrogen-bond donors (Lipinski definition) is 1. The number of hydrogen-bond acceptors (Lipinski definition) is 6. The van der Waals surface area contributed by atoms with Gasteiger partial charge >= 0.3 is 0 Å². The number of benzene rings is 1. The Hall–Kier alpha value is -3.06. The largest absolute Gasteiger partial charge is 0.356 e. The van der Waals surface area contributed by atoms with Crippen LogP contribution in [-0.2, 0) is 17.8 Å². The van der Waals surface area contributed by atoms with Crippen LogP contribution in [0.2, 0.25) is 0 Å². The summed E-state index contributed by atoms with van der Waals surface area (Å²) in [5.41, 5.74) is 3.97. The average Bonchev–Trinajstić information content (AvgIpc) is 3.20. The van der Waals surface area contributed by atoms with Crippen molar-refractivity contribution in [3.05, 3.63) is 66.1 Å². The lowest BCUT2D eigenvalue weighted by Crippen LogP contribution is -1.99. The quantitative estimate of drug-likeness (QED) is 0.541. The van der Waals surface area contributed by atoms with Gasteiger partial charge in [-0.15, -0.1) is 5.10 Å². The molecule has 0 amide bonds. The first-order valence-corrected chi connectivity index (χ1v) is 8.65. The normalized spacial score (nSPS) is 10.9. The second kappa shape index (κ2) is 6.82. The third kappa shape index (κ3) is 3.41. The highest BCUT2D eigenvalue weighted by Gasteiger charge is 2.10. The van der Waals surface area contributed by atoms with Crippen LogP contribution in [0.5, 0.6) is 0 Å². The van der Waals surface area contributed by atoms with E-state index in [0.29, 0.717) is 13.0 Å². The van der Waals surface area contributed by atoms with Crippen LogP contribution in [0.4, 0.5) is 5.13 Å². The molecular formula is C18H15N5OS. The highest BCUT2D eigenvalue weighted by atomic mass is 32.1. The summed E-state index contributed by atoms with van der Waals surface area (Å²) in [7, 11) is 0. The lowest BCUT2D eigenvalue weighted by molar-refractivity contribution is -0.107. The van der Waals surface area contributed by atoms with Crippen molar-refractivity contribution in [2.45, 2.75) is 13.0 Å². The molecule has 3 aromatic heterocycles. The van der Waals surface area contributed by atoms with Gasteiger partial charge in [0.2, 0.25) is 10.1 Å². The highest BCUT2D eigenvalue weighted by Crippen LogP contribution is 2.25. The van der Waals surface area contributed by atoms with Crippen LogP contribution in [0.3, 0.4) is 0 Å². The van der Waals surface area contributed by atoms with Crippen molar-refractivity contribution in [1.29, 1.82) is 0 Å². The Morgan fingerprint density at radius 3 is 2.84 bits per heavy atom. The number of carbonyl (C=O) groups is 1. The number of aldehydes is 1. The smallest absolute Gasteiger partial charge is 0.214 e. The first kappa shape index (κ1) is 15.5. The van der Waals surface area contributed by atoms with Crippen LogP contribution in [-0.4, -0.2) is 25.9 Å². The van der Waals surface area contributed by atoms with Crippen LogP contribution < -0.4 is 5.32 Å². The molecule has 0 saturated carbocycles. The number of imidazole rings is 1. The molecular weight excluding hydrogens is 334 g/mol. The predicted octanol–water partition coefficient (Wildman–Crippen LogP) is 3.21. The Bertz CT molecular complexity index is 977. The first-order valence-electron chi connectivity index (χ1n) is 7.84. The summed E-state index contributed by atoms with van der Waals surface area (Å²) in [6, 6.07) is 11.8. The summed E-state index contributed by atoms with van der Waals surface area (Å²) in [4.78, 5) is 20.2. The number of fused-ring (bicyclic) bond motifs is 1. The lowest BCUT2D eigenvalue weighted by Gasteiger charge is -2.01. The molecule has 0 unspecified atom stereocenters. The molecule has 0 bridgehead atoms. The third-order valence-corrected chi connectivity index (χ3v) is 4.66. The van der Waals surface area contributed by atoms with Gasteiger partial charge < -0.3 is 10.1 Å². The van der Waals surface area contributed by atoms with E-state index in [2.05, 4.69) is 20.4 Å². The number of nitrogens with zero attached hydrogens (tertiary/aromatic N) is 4. The van der Waals surface area contributed by atoms with Gasteiger partial charge in [-0.05, 0) is 29.3 Å². The van der Waals surface area contributed by atoms with Crippen LogP contribution >= 0.6 is 11.3 Å². The van der Waals surface area contributed by atoms with E-state index >= 15 is 0 Å². The SMILES string of the molecule is O=CCc1cccc(-c2cn3nc(NCc4ccncc4)sc3n2)c1. The van der Waals surface area contributed by atoms with Crippen molar-refractivity contribution in [3.8, 4) is 11.3 Å². The van der Waals surface area contributed by atoms with Crippen molar-refractivity contribution in [2.24, 2.45) is 0 Å². The van der Waals surface area contributed by atoms with E-state index in [1.165, 1.54) is 11.3 Å². The van der Waals surface area contributed by atoms with E-state index in [9.17, 15) is 4.79 Å². The summed E-state index contributed by atoms with van der Waals surface area (Å²) in [5.74, 6) is 0. The second-order valence-electron chi connectivity index (χ2n) is 5.54. The van der Waals surface area contributed by atoms with E-state index < -0.39 is 0 Å². The number of anilines is 1. The topological polar surface area (TPSA) is 72.2 Å². The van der Waals surface area contributed by atoms with E-state index in [-0.39, 0.29) is 0 Å². The van der Waals surface area contributed by atoms with Gasteiger partial charge in [0.25, 0.3) is 0 Å². The monoisotopic (exact) mass is 349 g/mol. The Kier molecular flexibility index (Phi) is 4.22. The number of rotatable bonds is 6. The summed E-state index contributed by atoms with van der Waals surface area (Å²) in [5, 5.41) is 8.64. The van der Waals surface area contributed by atoms with Crippen LogP contribution in [0, 0.1) is 0 Å². The molecule has 0 aliphatic rings. The zero-order chi connectivity index (χ0) is 17.1. The van der Waals surface area contributed by atoms with E-state index in [1.807, 2.05) is 42.6 Å². The van der Waals surface area contributed by atoms with Gasteiger partial charge in [-0.3, -0.25) is 4.98 Å². The zero-order valence-electron chi connectivity index (χ0n) is 13.3. The molecule has 6 nitrogen and oxygen atoms in total. The predicted molar refractivity (Wildman–Crippen MR) is 97.6 cm³/mol. The molecule has 0 spiro atoms. The van der Waals surface area contributed by atoms with Gasteiger partial charge in [0.1, 0.15) is 6.29 Å². The van der Waals surface area contributed by atoms with Crippen molar-refractivity contribution in [1.82, 2.24) is 19.6 Å². The molecule has 1 N–H and O–H groups in total. The van der Waals surface area contributed by atoms with Crippen molar-refractivity contribution in [3.63, 3.8) is 0 Å². The molecule has 4 rings (SSSR count). The maximum absolute atomic E-state index is 10.7. The minimum atomic E-state index is 0.414. The average molecular weight is 349 g/mol. The maximum atomic E-state index is 10.7. The molecule has 0 saturated heterocycles. The Morgan fingerprint density at radius 1 is 1.16 bits per heavy atom. The van der Waals surface area contributed by atoms with Gasteiger partial charge in [-0.25, -0.2) is 9.50 Å². The standard InChI is InChI=1S/C18H15N5OS/c24-9-6-13-2-1-3-15(10-13)16-12-23-18(21-16)25-17(22-23)20-11-14-4-7-19-8-5-14/h1-5,7-10,12H,6,11H2,(H,20,22). The third-order valence-electron chi connectivity index (χ3n) is 3.78. The molecule has 1 aromatic carbocycles. The van der Waals surface area contributed by atoms with Crippen molar-refractivity contribution in [2.75, 3.05) is 5.32 Å². The van der Waals surface area contributed by atoms with Crippen LogP contribution in [0.15, 0.2) is 55.0 Å². The van der Waals surface area contributed by atoms with E-state index in [0.717, 1.165) is 38.8 Å². The minimum absolute atomic E-state index is 0.414. The van der Waals surface area contributed by atoms with Gasteiger partial charge in [-0.1, -0.05) is 29.5 Å². The molecule has 25 heavy (non-hydrogen) atoms. The molecule has 0 aliphatic carbocycles. The lowest BCUT2D eigenvalue weighted by atomic mass is 10.1. The van der Waals surface area contributed by atoms with Gasteiger partial charge in [0, 0.05) is 30.9 Å². The minimum Gasteiger partial charge on any atom is -0.356 e. The molecule has 4 aromatic rings. The summed E-state index contributed by atoms with van der Waals surface area (Å²) >= 11 is 1.50. The molecule has 0 radical (unpaired) electrons. The van der Waals surface area contributed by atoms with Crippen molar-refractivity contribution < 1.29 is 4.79 Å². The number of carbonyl (C=O) groups excluding carboxylic acids is 1. The van der Waals surface area contributed by atoms with E-state index in [4.69, 9.17) is 0 Å². The van der Waals surface area contributed by atoms with E-state index in [1.54, 1.807) is 16.9 Å². The molecule has 7 heteroatoms.